The molecule has 0 aliphatic carbocycles. The summed E-state index contributed by atoms with van der Waals surface area (Å²) in [6.45, 7) is 0.221. The molecule has 0 fully saturated rings. The minimum absolute atomic E-state index is 0.0539. The molecule has 0 unspecified atom stereocenters. The summed E-state index contributed by atoms with van der Waals surface area (Å²) in [5.74, 6) is 0.391. The Morgan fingerprint density at radius 2 is 2.00 bits per heavy atom. The van der Waals surface area contributed by atoms with E-state index in [1.165, 1.54) is 17.0 Å². The SMILES string of the molecule is Cn1c(CNC(=O)OCc2ccccc2)nc(-c2ccncn2)cc1=O. The number of nitrogens with zero attached hydrogens (tertiary/aromatic N) is 4. The van der Waals surface area contributed by atoms with E-state index in [-0.39, 0.29) is 18.7 Å². The Morgan fingerprint density at radius 3 is 2.73 bits per heavy atom. The van der Waals surface area contributed by atoms with E-state index < -0.39 is 6.09 Å². The number of benzene rings is 1. The predicted octanol–water partition coefficient (Wildman–Crippen LogP) is 1.66. The molecule has 1 amide bonds. The molecule has 1 N–H and O–H groups in total. The van der Waals surface area contributed by atoms with Crippen molar-refractivity contribution >= 4 is 6.09 Å². The van der Waals surface area contributed by atoms with Gasteiger partial charge in [0.15, 0.2) is 0 Å². The highest BCUT2D eigenvalue weighted by atomic mass is 16.5. The van der Waals surface area contributed by atoms with Crippen molar-refractivity contribution in [3.63, 3.8) is 0 Å². The fraction of sp³-hybridized carbons (Fsp3) is 0.167. The van der Waals surface area contributed by atoms with Gasteiger partial charge in [-0.25, -0.2) is 19.7 Å². The topological polar surface area (TPSA) is 99.0 Å². The molecular formula is C18H17N5O3. The predicted molar refractivity (Wildman–Crippen MR) is 94.0 cm³/mol. The molecule has 0 saturated carbocycles. The number of ether oxygens (including phenoxy) is 1. The first-order valence-corrected chi connectivity index (χ1v) is 7.91. The number of hydrogen-bond acceptors (Lipinski definition) is 6. The van der Waals surface area contributed by atoms with Crippen LogP contribution in [0.3, 0.4) is 0 Å². The number of carbonyl (C=O) groups is 1. The molecule has 1 aromatic carbocycles. The van der Waals surface area contributed by atoms with Crippen molar-refractivity contribution in [1.29, 1.82) is 0 Å². The normalized spacial score (nSPS) is 10.3. The fourth-order valence-electron chi connectivity index (χ4n) is 2.24. The Kier molecular flexibility index (Phi) is 5.33. The number of carbonyl (C=O) groups excluding carboxylic acids is 1. The van der Waals surface area contributed by atoms with E-state index in [0.717, 1.165) is 5.56 Å². The molecule has 0 spiro atoms. The van der Waals surface area contributed by atoms with Gasteiger partial charge in [-0.2, -0.15) is 0 Å². The molecule has 26 heavy (non-hydrogen) atoms. The molecule has 0 aliphatic heterocycles. The number of alkyl carbamates (subject to hydrolysis) is 1. The average molecular weight is 351 g/mol. The first kappa shape index (κ1) is 17.3. The fourth-order valence-corrected chi connectivity index (χ4v) is 2.24. The average Bonchev–Trinajstić information content (AvgIpc) is 2.69. The lowest BCUT2D eigenvalue weighted by atomic mass is 10.2. The van der Waals surface area contributed by atoms with E-state index in [2.05, 4.69) is 20.3 Å². The Morgan fingerprint density at radius 1 is 1.19 bits per heavy atom. The van der Waals surface area contributed by atoms with Gasteiger partial charge in [0, 0.05) is 19.3 Å². The molecule has 8 nitrogen and oxygen atoms in total. The van der Waals surface area contributed by atoms with Crippen LogP contribution in [-0.2, 0) is 24.9 Å². The summed E-state index contributed by atoms with van der Waals surface area (Å²) in [7, 11) is 1.59. The maximum Gasteiger partial charge on any atom is 0.407 e. The second kappa shape index (κ2) is 8.02. The van der Waals surface area contributed by atoms with Gasteiger partial charge in [0.05, 0.1) is 17.9 Å². The lowest BCUT2D eigenvalue weighted by molar-refractivity contribution is 0.138. The van der Waals surface area contributed by atoms with Gasteiger partial charge < -0.3 is 10.1 Å². The standard InChI is InChI=1S/C18H17N5O3/c1-23-16(10-20-18(25)26-11-13-5-3-2-4-6-13)22-15(9-17(23)24)14-7-8-19-12-21-14/h2-9,12H,10-11H2,1H3,(H,20,25). The molecule has 2 heterocycles. The van der Waals surface area contributed by atoms with Gasteiger partial charge in [-0.15, -0.1) is 0 Å². The van der Waals surface area contributed by atoms with E-state index in [0.29, 0.717) is 17.2 Å². The number of aromatic nitrogens is 4. The Balaban J connectivity index is 1.66. The quantitative estimate of drug-likeness (QED) is 0.751. The zero-order valence-corrected chi connectivity index (χ0v) is 14.1. The van der Waals surface area contributed by atoms with Gasteiger partial charge in [-0.1, -0.05) is 30.3 Å². The molecule has 8 heteroatoms. The van der Waals surface area contributed by atoms with Crippen molar-refractivity contribution in [2.24, 2.45) is 7.05 Å². The number of hydrogen-bond donors (Lipinski definition) is 1. The minimum Gasteiger partial charge on any atom is -0.445 e. The zero-order chi connectivity index (χ0) is 18.4. The Labute approximate surface area is 149 Å². The maximum absolute atomic E-state index is 12.1. The smallest absolute Gasteiger partial charge is 0.407 e. The van der Waals surface area contributed by atoms with Gasteiger partial charge >= 0.3 is 6.09 Å². The van der Waals surface area contributed by atoms with E-state index in [1.54, 1.807) is 19.3 Å². The summed E-state index contributed by atoms with van der Waals surface area (Å²) in [5, 5.41) is 2.60. The van der Waals surface area contributed by atoms with Crippen molar-refractivity contribution in [3.8, 4) is 11.4 Å². The van der Waals surface area contributed by atoms with Crippen LogP contribution in [0, 0.1) is 0 Å². The molecule has 3 rings (SSSR count). The van der Waals surface area contributed by atoms with Crippen LogP contribution in [0.25, 0.3) is 11.4 Å². The molecule has 132 valence electrons. The molecular weight excluding hydrogens is 334 g/mol. The van der Waals surface area contributed by atoms with Gasteiger partial charge in [-0.05, 0) is 11.6 Å². The molecule has 2 aromatic heterocycles. The highest BCUT2D eigenvalue weighted by molar-refractivity contribution is 5.67. The molecule has 0 saturated heterocycles. The van der Waals surface area contributed by atoms with Crippen LogP contribution in [0.1, 0.15) is 11.4 Å². The Bertz CT molecular complexity index is 942. The first-order valence-electron chi connectivity index (χ1n) is 7.91. The molecule has 3 aromatic rings. The van der Waals surface area contributed by atoms with Gasteiger partial charge in [0.25, 0.3) is 5.56 Å². The molecule has 0 atom stereocenters. The summed E-state index contributed by atoms with van der Waals surface area (Å²) in [5.41, 5.74) is 1.59. The van der Waals surface area contributed by atoms with Crippen LogP contribution in [0.5, 0.6) is 0 Å². The van der Waals surface area contributed by atoms with Crippen molar-refractivity contribution in [2.45, 2.75) is 13.2 Å². The third-order valence-corrected chi connectivity index (χ3v) is 3.68. The van der Waals surface area contributed by atoms with E-state index in [9.17, 15) is 9.59 Å². The molecule has 0 aliphatic rings. The lowest BCUT2D eigenvalue weighted by Gasteiger charge is -2.11. The van der Waals surface area contributed by atoms with Crippen molar-refractivity contribution in [2.75, 3.05) is 0 Å². The summed E-state index contributed by atoms with van der Waals surface area (Å²) < 4.78 is 6.51. The number of amides is 1. The van der Waals surface area contributed by atoms with Crippen molar-refractivity contribution < 1.29 is 9.53 Å². The maximum atomic E-state index is 12.1. The van der Waals surface area contributed by atoms with Crippen LogP contribution < -0.4 is 10.9 Å². The summed E-state index contributed by atoms with van der Waals surface area (Å²) in [4.78, 5) is 36.3. The van der Waals surface area contributed by atoms with Gasteiger partial charge in [-0.3, -0.25) is 9.36 Å². The van der Waals surface area contributed by atoms with E-state index in [1.807, 2.05) is 30.3 Å². The number of nitrogens with one attached hydrogen (secondary N) is 1. The summed E-state index contributed by atoms with van der Waals surface area (Å²) in [6.07, 6.45) is 2.36. The second-order valence-corrected chi connectivity index (χ2v) is 5.46. The van der Waals surface area contributed by atoms with Crippen molar-refractivity contribution in [3.05, 3.63) is 76.7 Å². The van der Waals surface area contributed by atoms with Crippen molar-refractivity contribution in [1.82, 2.24) is 24.8 Å². The summed E-state index contributed by atoms with van der Waals surface area (Å²) in [6, 6.07) is 12.4. The second-order valence-electron chi connectivity index (χ2n) is 5.46. The van der Waals surface area contributed by atoms with E-state index in [4.69, 9.17) is 4.74 Å². The Hall–Kier alpha value is -3.55. The van der Waals surface area contributed by atoms with Crippen LogP contribution in [0.2, 0.25) is 0 Å². The summed E-state index contributed by atoms with van der Waals surface area (Å²) >= 11 is 0. The van der Waals surface area contributed by atoms with E-state index >= 15 is 0 Å². The highest BCUT2D eigenvalue weighted by Crippen LogP contribution is 2.11. The van der Waals surface area contributed by atoms with Crippen LogP contribution in [0.4, 0.5) is 4.79 Å². The monoisotopic (exact) mass is 351 g/mol. The zero-order valence-electron chi connectivity index (χ0n) is 14.1. The van der Waals surface area contributed by atoms with Gasteiger partial charge in [0.1, 0.15) is 18.8 Å². The third kappa shape index (κ3) is 4.29. The minimum atomic E-state index is -0.587. The van der Waals surface area contributed by atoms with Gasteiger partial charge in [0.2, 0.25) is 0 Å². The highest BCUT2D eigenvalue weighted by Gasteiger charge is 2.10. The molecule has 0 bridgehead atoms. The van der Waals surface area contributed by atoms with Crippen LogP contribution >= 0.6 is 0 Å². The third-order valence-electron chi connectivity index (χ3n) is 3.68. The van der Waals surface area contributed by atoms with Crippen LogP contribution in [0.15, 0.2) is 59.8 Å². The number of rotatable bonds is 5. The van der Waals surface area contributed by atoms with Crippen LogP contribution in [-0.4, -0.2) is 25.6 Å². The molecule has 0 radical (unpaired) electrons. The largest absolute Gasteiger partial charge is 0.445 e. The first-order chi connectivity index (χ1) is 12.6. The lowest BCUT2D eigenvalue weighted by Crippen LogP contribution is -2.29.